The third-order valence-corrected chi connectivity index (χ3v) is 2.11. The van der Waals surface area contributed by atoms with E-state index in [9.17, 15) is 0 Å². The number of nitrogens with zero attached hydrogens (tertiary/aromatic N) is 1. The lowest BCUT2D eigenvalue weighted by atomic mass is 10.1. The average molecular weight is 191 g/mol. The average Bonchev–Trinajstić information content (AvgIpc) is 2.69. The van der Waals surface area contributed by atoms with Crippen molar-refractivity contribution in [2.45, 2.75) is 0 Å². The first kappa shape index (κ1) is 8.87. The molecule has 0 unspecified atom stereocenters. The Hall–Kier alpha value is -1.71. The van der Waals surface area contributed by atoms with Crippen LogP contribution in [0.1, 0.15) is 5.56 Å². The Morgan fingerprint density at radius 1 is 1.43 bits per heavy atom. The molecular formula is C10H13N3O. The summed E-state index contributed by atoms with van der Waals surface area (Å²) in [5.41, 5.74) is 7.42. The van der Waals surface area contributed by atoms with Gasteiger partial charge in [-0.2, -0.15) is 0 Å². The molecule has 1 aromatic rings. The lowest BCUT2D eigenvalue weighted by Crippen LogP contribution is -2.19. The Labute approximate surface area is 82.8 Å². The van der Waals surface area contributed by atoms with Crippen LogP contribution in [0.3, 0.4) is 0 Å². The summed E-state index contributed by atoms with van der Waals surface area (Å²) in [5.74, 6) is 1.66. The lowest BCUT2D eigenvalue weighted by molar-refractivity contribution is 0.415. The first-order valence-corrected chi connectivity index (χ1v) is 4.53. The maximum Gasteiger partial charge on any atom is 0.128 e. The first-order chi connectivity index (χ1) is 6.79. The zero-order valence-corrected chi connectivity index (χ0v) is 8.08. The van der Waals surface area contributed by atoms with E-state index in [1.807, 2.05) is 12.1 Å². The van der Waals surface area contributed by atoms with Gasteiger partial charge in [0.2, 0.25) is 0 Å². The van der Waals surface area contributed by atoms with Crippen molar-refractivity contribution < 1.29 is 4.74 Å². The summed E-state index contributed by atoms with van der Waals surface area (Å²) in [5, 5.41) is 3.19. The van der Waals surface area contributed by atoms with Crippen LogP contribution in [0.2, 0.25) is 0 Å². The highest BCUT2D eigenvalue weighted by Crippen LogP contribution is 2.19. The van der Waals surface area contributed by atoms with Gasteiger partial charge in [0.1, 0.15) is 11.6 Å². The lowest BCUT2D eigenvalue weighted by Gasteiger charge is -2.06. The summed E-state index contributed by atoms with van der Waals surface area (Å²) in [7, 11) is 1.63. The van der Waals surface area contributed by atoms with E-state index < -0.39 is 0 Å². The molecule has 0 spiro atoms. The van der Waals surface area contributed by atoms with Gasteiger partial charge in [0.05, 0.1) is 13.7 Å². The molecule has 2 rings (SSSR count). The number of anilines is 1. The van der Waals surface area contributed by atoms with E-state index in [0.717, 1.165) is 30.2 Å². The molecule has 1 heterocycles. The van der Waals surface area contributed by atoms with Gasteiger partial charge >= 0.3 is 0 Å². The molecule has 4 nitrogen and oxygen atoms in total. The molecular weight excluding hydrogens is 178 g/mol. The fourth-order valence-corrected chi connectivity index (χ4v) is 1.47. The van der Waals surface area contributed by atoms with E-state index >= 15 is 0 Å². The summed E-state index contributed by atoms with van der Waals surface area (Å²) in [6.45, 7) is 1.72. The Kier molecular flexibility index (Phi) is 2.26. The molecule has 1 aliphatic heterocycles. The second kappa shape index (κ2) is 3.57. The van der Waals surface area contributed by atoms with Gasteiger partial charge in [-0.3, -0.25) is 4.99 Å². The van der Waals surface area contributed by atoms with Crippen LogP contribution in [0.5, 0.6) is 5.75 Å². The molecule has 1 aromatic carbocycles. The molecule has 0 saturated heterocycles. The van der Waals surface area contributed by atoms with Gasteiger partial charge in [-0.15, -0.1) is 0 Å². The molecule has 74 valence electrons. The van der Waals surface area contributed by atoms with E-state index in [1.54, 1.807) is 13.2 Å². The standard InChI is InChI=1S/C10H13N3O/c1-14-9-5-7(4-8(11)6-9)10-12-2-3-13-10/h4-6H,2-3,11H2,1H3,(H,12,13). The number of rotatable bonds is 2. The maximum atomic E-state index is 5.74. The predicted molar refractivity (Wildman–Crippen MR) is 56.8 cm³/mol. The highest BCUT2D eigenvalue weighted by molar-refractivity contribution is 6.00. The van der Waals surface area contributed by atoms with Crippen LogP contribution in [0.4, 0.5) is 5.69 Å². The maximum absolute atomic E-state index is 5.74. The van der Waals surface area contributed by atoms with Crippen molar-refractivity contribution in [2.75, 3.05) is 25.9 Å². The highest BCUT2D eigenvalue weighted by atomic mass is 16.5. The number of nitrogens with two attached hydrogens (primary N) is 1. The van der Waals surface area contributed by atoms with Gasteiger partial charge in [0.25, 0.3) is 0 Å². The van der Waals surface area contributed by atoms with E-state index in [4.69, 9.17) is 10.5 Å². The van der Waals surface area contributed by atoms with E-state index in [-0.39, 0.29) is 0 Å². The normalized spacial score (nSPS) is 14.8. The summed E-state index contributed by atoms with van der Waals surface area (Å²) >= 11 is 0. The minimum Gasteiger partial charge on any atom is -0.497 e. The van der Waals surface area contributed by atoms with Crippen LogP contribution in [-0.4, -0.2) is 26.0 Å². The third kappa shape index (κ3) is 1.64. The minimum atomic E-state index is 0.691. The Balaban J connectivity index is 2.37. The Morgan fingerprint density at radius 2 is 2.29 bits per heavy atom. The van der Waals surface area contributed by atoms with E-state index in [1.165, 1.54) is 0 Å². The van der Waals surface area contributed by atoms with Crippen LogP contribution >= 0.6 is 0 Å². The number of nitrogens with one attached hydrogen (secondary N) is 1. The Morgan fingerprint density at radius 3 is 2.93 bits per heavy atom. The van der Waals surface area contributed by atoms with Crippen molar-refractivity contribution in [3.63, 3.8) is 0 Å². The van der Waals surface area contributed by atoms with E-state index in [2.05, 4.69) is 10.3 Å². The number of hydrogen-bond donors (Lipinski definition) is 2. The number of amidine groups is 1. The van der Waals surface area contributed by atoms with Gasteiger partial charge < -0.3 is 15.8 Å². The smallest absolute Gasteiger partial charge is 0.128 e. The predicted octanol–water partition coefficient (Wildman–Crippen LogP) is 0.627. The number of ether oxygens (including phenoxy) is 1. The van der Waals surface area contributed by atoms with Gasteiger partial charge in [0.15, 0.2) is 0 Å². The van der Waals surface area contributed by atoms with Crippen molar-refractivity contribution in [3.8, 4) is 5.75 Å². The van der Waals surface area contributed by atoms with Crippen molar-refractivity contribution >= 4 is 11.5 Å². The molecule has 0 atom stereocenters. The Bertz CT molecular complexity index is 374. The molecule has 0 aliphatic carbocycles. The molecule has 0 aromatic heterocycles. The monoisotopic (exact) mass is 191 g/mol. The molecule has 0 saturated carbocycles. The molecule has 4 heteroatoms. The largest absolute Gasteiger partial charge is 0.497 e. The number of hydrogen-bond acceptors (Lipinski definition) is 4. The van der Waals surface area contributed by atoms with Gasteiger partial charge in [-0.05, 0) is 12.1 Å². The fourth-order valence-electron chi connectivity index (χ4n) is 1.47. The van der Waals surface area contributed by atoms with Crippen molar-refractivity contribution in [2.24, 2.45) is 4.99 Å². The molecule has 14 heavy (non-hydrogen) atoms. The topological polar surface area (TPSA) is 59.6 Å². The second-order valence-corrected chi connectivity index (χ2v) is 3.15. The van der Waals surface area contributed by atoms with Crippen LogP contribution in [0.25, 0.3) is 0 Å². The summed E-state index contributed by atoms with van der Waals surface area (Å²) in [6, 6.07) is 5.60. The third-order valence-electron chi connectivity index (χ3n) is 2.11. The molecule has 0 bridgehead atoms. The molecule has 0 fully saturated rings. The van der Waals surface area contributed by atoms with Crippen molar-refractivity contribution in [1.82, 2.24) is 5.32 Å². The quantitative estimate of drug-likeness (QED) is 0.674. The van der Waals surface area contributed by atoms with Crippen molar-refractivity contribution in [1.29, 1.82) is 0 Å². The summed E-state index contributed by atoms with van der Waals surface area (Å²) < 4.78 is 5.13. The van der Waals surface area contributed by atoms with Crippen LogP contribution in [0, 0.1) is 0 Å². The minimum absolute atomic E-state index is 0.691. The number of nitrogen functional groups attached to an aromatic ring is 1. The zero-order valence-electron chi connectivity index (χ0n) is 8.08. The first-order valence-electron chi connectivity index (χ1n) is 4.53. The molecule has 0 amide bonds. The fraction of sp³-hybridized carbons (Fsp3) is 0.300. The number of methoxy groups -OCH3 is 1. The van der Waals surface area contributed by atoms with Crippen LogP contribution in [-0.2, 0) is 0 Å². The van der Waals surface area contributed by atoms with Gasteiger partial charge in [-0.25, -0.2) is 0 Å². The molecule has 3 N–H and O–H groups in total. The molecule has 0 radical (unpaired) electrons. The van der Waals surface area contributed by atoms with Crippen LogP contribution in [0.15, 0.2) is 23.2 Å². The zero-order chi connectivity index (χ0) is 9.97. The number of aliphatic imine (C=N–C) groups is 1. The van der Waals surface area contributed by atoms with Crippen molar-refractivity contribution in [3.05, 3.63) is 23.8 Å². The summed E-state index contributed by atoms with van der Waals surface area (Å²) in [6.07, 6.45) is 0. The van der Waals surface area contributed by atoms with E-state index in [0.29, 0.717) is 5.69 Å². The second-order valence-electron chi connectivity index (χ2n) is 3.15. The summed E-state index contributed by atoms with van der Waals surface area (Å²) in [4.78, 5) is 4.32. The van der Waals surface area contributed by atoms with Gasteiger partial charge in [-0.1, -0.05) is 0 Å². The molecule has 1 aliphatic rings. The SMILES string of the molecule is COc1cc(N)cc(C2=NCCN2)c1. The van der Waals surface area contributed by atoms with Crippen LogP contribution < -0.4 is 15.8 Å². The number of benzene rings is 1. The van der Waals surface area contributed by atoms with Gasteiger partial charge in [0, 0.05) is 23.9 Å². The highest BCUT2D eigenvalue weighted by Gasteiger charge is 2.09.